The highest BCUT2D eigenvalue weighted by Crippen LogP contribution is 2.45. The number of allylic oxidation sites excluding steroid dienone is 4. The Kier molecular flexibility index (Phi) is 7.29. The third-order valence-corrected chi connectivity index (χ3v) is 6.63. The first-order valence-corrected chi connectivity index (χ1v) is 11.5. The van der Waals surface area contributed by atoms with Gasteiger partial charge < -0.3 is 4.74 Å². The maximum absolute atomic E-state index is 5.88. The van der Waals surface area contributed by atoms with Crippen LogP contribution in [0.3, 0.4) is 0 Å². The zero-order valence-electron chi connectivity index (χ0n) is 21.4. The molecule has 0 bridgehead atoms. The summed E-state index contributed by atoms with van der Waals surface area (Å²) in [5.41, 5.74) is 11.1. The zero-order chi connectivity index (χ0) is 23.0. The number of rotatable bonds is 5. The summed E-state index contributed by atoms with van der Waals surface area (Å²) in [4.78, 5) is 0. The standard InChI is InChI=1S/C29H44O/c1-13-24(18(2)3)26(25-14-19(4)27(30-12)20(25)5)21-15-22(28(6,7)8)17-23(16-21)29(9,10)11/h15-17,19,27H,2,13-14H2,1,3-12H3. The molecule has 0 saturated heterocycles. The summed E-state index contributed by atoms with van der Waals surface area (Å²) >= 11 is 0. The lowest BCUT2D eigenvalue weighted by Crippen LogP contribution is -2.17. The van der Waals surface area contributed by atoms with Crippen LogP contribution in [0.1, 0.15) is 98.8 Å². The molecule has 2 atom stereocenters. The lowest BCUT2D eigenvalue weighted by molar-refractivity contribution is 0.0977. The number of methoxy groups -OCH3 is 1. The second-order valence-electron chi connectivity index (χ2n) is 11.3. The van der Waals surface area contributed by atoms with E-state index in [1.54, 1.807) is 0 Å². The van der Waals surface area contributed by atoms with Crippen LogP contribution in [-0.2, 0) is 15.6 Å². The van der Waals surface area contributed by atoms with Crippen molar-refractivity contribution in [2.75, 3.05) is 7.11 Å². The van der Waals surface area contributed by atoms with Gasteiger partial charge in [-0.25, -0.2) is 0 Å². The van der Waals surface area contributed by atoms with Gasteiger partial charge in [0, 0.05) is 7.11 Å². The average molecular weight is 409 g/mol. The van der Waals surface area contributed by atoms with Crippen molar-refractivity contribution in [3.63, 3.8) is 0 Å². The van der Waals surface area contributed by atoms with E-state index in [4.69, 9.17) is 4.74 Å². The highest BCUT2D eigenvalue weighted by atomic mass is 16.5. The van der Waals surface area contributed by atoms with Gasteiger partial charge in [0.25, 0.3) is 0 Å². The fourth-order valence-electron chi connectivity index (χ4n) is 4.76. The molecule has 1 aromatic rings. The third-order valence-electron chi connectivity index (χ3n) is 6.63. The van der Waals surface area contributed by atoms with Crippen LogP contribution in [0.15, 0.2) is 47.1 Å². The van der Waals surface area contributed by atoms with Gasteiger partial charge in [-0.15, -0.1) is 0 Å². The van der Waals surface area contributed by atoms with Crippen LogP contribution in [0, 0.1) is 5.92 Å². The van der Waals surface area contributed by atoms with Crippen molar-refractivity contribution in [3.05, 3.63) is 63.8 Å². The van der Waals surface area contributed by atoms with Gasteiger partial charge in [0.05, 0.1) is 6.10 Å². The molecule has 0 amide bonds. The number of ether oxygens (including phenoxy) is 1. The van der Waals surface area contributed by atoms with Crippen molar-refractivity contribution in [1.82, 2.24) is 0 Å². The second-order valence-corrected chi connectivity index (χ2v) is 11.3. The zero-order valence-corrected chi connectivity index (χ0v) is 21.4. The largest absolute Gasteiger partial charge is 0.377 e. The summed E-state index contributed by atoms with van der Waals surface area (Å²) in [6, 6.07) is 7.26. The summed E-state index contributed by atoms with van der Waals surface area (Å²) in [6.45, 7) is 27.2. The molecule has 0 saturated carbocycles. The predicted octanol–water partition coefficient (Wildman–Crippen LogP) is 8.39. The van der Waals surface area contributed by atoms with Crippen molar-refractivity contribution in [2.24, 2.45) is 5.92 Å². The molecule has 1 heteroatoms. The summed E-state index contributed by atoms with van der Waals surface area (Å²) < 4.78 is 5.88. The molecule has 2 unspecified atom stereocenters. The molecule has 0 aliphatic heterocycles. The van der Waals surface area contributed by atoms with Crippen LogP contribution in [0.2, 0.25) is 0 Å². The summed E-state index contributed by atoms with van der Waals surface area (Å²) in [5, 5.41) is 0. The van der Waals surface area contributed by atoms with Gasteiger partial charge in [-0.05, 0) is 82.4 Å². The maximum atomic E-state index is 5.88. The van der Waals surface area contributed by atoms with E-state index in [2.05, 4.69) is 94.0 Å². The molecule has 1 aromatic carbocycles. The van der Waals surface area contributed by atoms with Crippen molar-refractivity contribution in [3.8, 4) is 0 Å². The second kappa shape index (κ2) is 8.87. The number of hydrogen-bond donors (Lipinski definition) is 0. The topological polar surface area (TPSA) is 9.23 Å². The quantitative estimate of drug-likeness (QED) is 0.444. The molecule has 0 fully saturated rings. The van der Waals surface area contributed by atoms with Crippen LogP contribution < -0.4 is 0 Å². The number of benzene rings is 1. The van der Waals surface area contributed by atoms with E-state index in [9.17, 15) is 0 Å². The summed E-state index contributed by atoms with van der Waals surface area (Å²) in [7, 11) is 1.84. The molecule has 2 rings (SSSR count). The third kappa shape index (κ3) is 4.99. The van der Waals surface area contributed by atoms with Crippen molar-refractivity contribution < 1.29 is 4.74 Å². The van der Waals surface area contributed by atoms with Gasteiger partial charge in [0.2, 0.25) is 0 Å². The molecule has 166 valence electrons. The SMILES string of the molecule is C=C(C)C(CC)=C(C1=C(C)C(OC)C(C)C1)c1cc(C(C)(C)C)cc(C(C)(C)C)c1. The Balaban J connectivity index is 2.91. The smallest absolute Gasteiger partial charge is 0.0813 e. The minimum atomic E-state index is 0.0954. The monoisotopic (exact) mass is 408 g/mol. The van der Waals surface area contributed by atoms with E-state index in [-0.39, 0.29) is 16.9 Å². The van der Waals surface area contributed by atoms with Gasteiger partial charge in [-0.1, -0.05) is 85.7 Å². The molecule has 30 heavy (non-hydrogen) atoms. The van der Waals surface area contributed by atoms with E-state index in [1.165, 1.54) is 44.6 Å². The van der Waals surface area contributed by atoms with Gasteiger partial charge in [0.1, 0.15) is 0 Å². The average Bonchev–Trinajstić information content (AvgIpc) is 2.90. The first-order valence-electron chi connectivity index (χ1n) is 11.5. The molecule has 1 aliphatic rings. The normalized spacial score (nSPS) is 21.2. The van der Waals surface area contributed by atoms with Gasteiger partial charge in [-0.2, -0.15) is 0 Å². The lowest BCUT2D eigenvalue weighted by atomic mass is 9.77. The van der Waals surface area contributed by atoms with Gasteiger partial charge in [-0.3, -0.25) is 0 Å². The first-order chi connectivity index (χ1) is 13.7. The Morgan fingerprint density at radius 1 is 1.03 bits per heavy atom. The number of hydrogen-bond acceptors (Lipinski definition) is 1. The molecule has 0 aromatic heterocycles. The van der Waals surface area contributed by atoms with Crippen LogP contribution in [0.5, 0.6) is 0 Å². The predicted molar refractivity (Wildman–Crippen MR) is 133 cm³/mol. The lowest BCUT2D eigenvalue weighted by Gasteiger charge is -2.28. The molecular weight excluding hydrogens is 364 g/mol. The van der Waals surface area contributed by atoms with Crippen molar-refractivity contribution in [2.45, 2.75) is 99.0 Å². The molecule has 1 nitrogen and oxygen atoms in total. The fourth-order valence-corrected chi connectivity index (χ4v) is 4.76. The molecule has 0 N–H and O–H groups in total. The summed E-state index contributed by atoms with van der Waals surface area (Å²) in [6.07, 6.45) is 2.24. The van der Waals surface area contributed by atoms with Crippen LogP contribution >= 0.6 is 0 Å². The van der Waals surface area contributed by atoms with E-state index in [0.29, 0.717) is 5.92 Å². The molecule has 1 aliphatic carbocycles. The minimum Gasteiger partial charge on any atom is -0.377 e. The van der Waals surface area contributed by atoms with E-state index in [1.807, 2.05) is 7.11 Å². The Hall–Kier alpha value is -1.60. The van der Waals surface area contributed by atoms with E-state index < -0.39 is 0 Å². The molecular formula is C29H44O. The highest BCUT2D eigenvalue weighted by molar-refractivity contribution is 5.86. The van der Waals surface area contributed by atoms with Gasteiger partial charge in [0.15, 0.2) is 0 Å². The summed E-state index contributed by atoms with van der Waals surface area (Å²) in [5.74, 6) is 0.496. The van der Waals surface area contributed by atoms with Crippen LogP contribution in [0.4, 0.5) is 0 Å². The Morgan fingerprint density at radius 3 is 1.87 bits per heavy atom. The first kappa shape index (κ1) is 24.7. The minimum absolute atomic E-state index is 0.0954. The van der Waals surface area contributed by atoms with Crippen molar-refractivity contribution in [1.29, 1.82) is 0 Å². The van der Waals surface area contributed by atoms with Crippen LogP contribution in [-0.4, -0.2) is 13.2 Å². The Morgan fingerprint density at radius 2 is 1.53 bits per heavy atom. The molecule has 0 heterocycles. The highest BCUT2D eigenvalue weighted by Gasteiger charge is 2.33. The van der Waals surface area contributed by atoms with Crippen molar-refractivity contribution >= 4 is 5.57 Å². The van der Waals surface area contributed by atoms with Gasteiger partial charge >= 0.3 is 0 Å². The fraction of sp³-hybridized carbons (Fsp3) is 0.586. The Bertz CT molecular complexity index is 832. The molecule has 0 spiro atoms. The van der Waals surface area contributed by atoms with E-state index in [0.717, 1.165) is 12.8 Å². The molecule has 0 radical (unpaired) electrons. The van der Waals surface area contributed by atoms with Crippen LogP contribution in [0.25, 0.3) is 5.57 Å². The maximum Gasteiger partial charge on any atom is 0.0813 e. The van der Waals surface area contributed by atoms with E-state index >= 15 is 0 Å². The Labute approximate surface area is 186 Å².